The van der Waals surface area contributed by atoms with Crippen LogP contribution in [-0.2, 0) is 27.2 Å². The molecule has 0 aromatic heterocycles. The molecule has 1 fully saturated rings. The summed E-state index contributed by atoms with van der Waals surface area (Å²) in [5.41, 5.74) is 3.56. The summed E-state index contributed by atoms with van der Waals surface area (Å²) in [5, 5.41) is 9.17. The van der Waals surface area contributed by atoms with Gasteiger partial charge in [0.25, 0.3) is 6.47 Å². The van der Waals surface area contributed by atoms with Crippen LogP contribution in [0.2, 0.25) is 0 Å². The van der Waals surface area contributed by atoms with Crippen molar-refractivity contribution in [2.45, 2.75) is 103 Å². The average Bonchev–Trinajstić information content (AvgIpc) is 3.43. The van der Waals surface area contributed by atoms with E-state index < -0.39 is 11.4 Å². The van der Waals surface area contributed by atoms with E-state index in [1.807, 2.05) is 13.8 Å². The Morgan fingerprint density at radius 2 is 1.66 bits per heavy atom. The molecule has 0 heterocycles. The molecule has 0 amide bonds. The number of aryl methyl sites for hydroxylation is 2. The van der Waals surface area contributed by atoms with Crippen molar-refractivity contribution in [1.29, 1.82) is 0 Å². The minimum atomic E-state index is -0.700. The van der Waals surface area contributed by atoms with E-state index in [0.29, 0.717) is 6.47 Å². The zero-order valence-electron chi connectivity index (χ0n) is 18.5. The summed E-state index contributed by atoms with van der Waals surface area (Å²) < 4.78 is 5.23. The summed E-state index contributed by atoms with van der Waals surface area (Å²) in [5.74, 6) is -0.700. The first kappa shape index (κ1) is 23.4. The number of hydrogen-bond acceptors (Lipinski definition) is 3. The lowest BCUT2D eigenvalue weighted by Crippen LogP contribution is -2.23. The van der Waals surface area contributed by atoms with Crippen LogP contribution in [0.4, 0.5) is 0 Å². The first-order chi connectivity index (χ1) is 13.8. The third-order valence-electron chi connectivity index (χ3n) is 6.57. The van der Waals surface area contributed by atoms with Crippen LogP contribution >= 0.6 is 0 Å². The van der Waals surface area contributed by atoms with Crippen molar-refractivity contribution >= 4 is 12.4 Å². The molecule has 1 saturated carbocycles. The van der Waals surface area contributed by atoms with Gasteiger partial charge >= 0.3 is 5.97 Å². The smallest absolute Gasteiger partial charge is 0.309 e. The number of carbonyl (C=O) groups is 2. The fourth-order valence-electron chi connectivity index (χ4n) is 4.05. The first-order valence-corrected chi connectivity index (χ1v) is 11.2. The maximum absolute atomic E-state index is 11.2. The SMILES string of the molecule is Cc1c(CCCCCCC(C)(C)C(=O)O)cccc1CCCCC1(OC=O)CC1. The minimum Gasteiger partial charge on any atom is -0.481 e. The van der Waals surface area contributed by atoms with Gasteiger partial charge in [-0.05, 0) is 95.2 Å². The number of aliphatic carboxylic acids is 1. The molecule has 0 spiro atoms. The van der Waals surface area contributed by atoms with Crippen molar-refractivity contribution in [1.82, 2.24) is 0 Å². The number of carboxylic acid groups (broad SMARTS) is 1. The third kappa shape index (κ3) is 7.49. The van der Waals surface area contributed by atoms with E-state index in [9.17, 15) is 14.7 Å². The van der Waals surface area contributed by atoms with E-state index in [1.165, 1.54) is 16.7 Å². The van der Waals surface area contributed by atoms with E-state index in [4.69, 9.17) is 4.74 Å². The maximum Gasteiger partial charge on any atom is 0.309 e. The van der Waals surface area contributed by atoms with E-state index in [1.54, 1.807) is 0 Å². The van der Waals surface area contributed by atoms with Crippen molar-refractivity contribution in [3.8, 4) is 0 Å². The number of ether oxygens (including phenoxy) is 1. The Kier molecular flexibility index (Phi) is 8.73. The highest BCUT2D eigenvalue weighted by Crippen LogP contribution is 2.43. The molecule has 1 aromatic carbocycles. The highest BCUT2D eigenvalue weighted by Gasteiger charge is 2.44. The molecule has 0 saturated heterocycles. The number of unbranched alkanes of at least 4 members (excludes halogenated alkanes) is 4. The molecule has 162 valence electrons. The van der Waals surface area contributed by atoms with Crippen LogP contribution in [0.15, 0.2) is 18.2 Å². The maximum atomic E-state index is 11.2. The summed E-state index contributed by atoms with van der Waals surface area (Å²) >= 11 is 0. The van der Waals surface area contributed by atoms with Crippen molar-refractivity contribution in [2.75, 3.05) is 0 Å². The Labute approximate surface area is 176 Å². The second-order valence-electron chi connectivity index (χ2n) is 9.41. The van der Waals surface area contributed by atoms with Gasteiger partial charge in [-0.15, -0.1) is 0 Å². The van der Waals surface area contributed by atoms with Gasteiger partial charge in [-0.1, -0.05) is 37.5 Å². The second-order valence-corrected chi connectivity index (χ2v) is 9.41. The van der Waals surface area contributed by atoms with Crippen molar-refractivity contribution < 1.29 is 19.4 Å². The van der Waals surface area contributed by atoms with Gasteiger partial charge in [-0.25, -0.2) is 0 Å². The molecule has 4 heteroatoms. The molecule has 1 N–H and O–H groups in total. The van der Waals surface area contributed by atoms with Gasteiger partial charge in [0.1, 0.15) is 5.60 Å². The zero-order valence-corrected chi connectivity index (χ0v) is 18.5. The summed E-state index contributed by atoms with van der Waals surface area (Å²) in [6, 6.07) is 6.65. The summed E-state index contributed by atoms with van der Waals surface area (Å²) in [6.45, 7) is 6.46. The monoisotopic (exact) mass is 402 g/mol. The van der Waals surface area contributed by atoms with Crippen LogP contribution < -0.4 is 0 Å². The summed E-state index contributed by atoms with van der Waals surface area (Å²) in [6.07, 6.45) is 12.6. The average molecular weight is 403 g/mol. The Hall–Kier alpha value is -1.84. The lowest BCUT2D eigenvalue weighted by Gasteiger charge is -2.18. The fraction of sp³-hybridized carbons (Fsp3) is 0.680. The summed E-state index contributed by atoms with van der Waals surface area (Å²) in [4.78, 5) is 21.7. The standard InChI is InChI=1S/C25H38O4/c1-20-21(11-6-4-5-8-15-24(2,3)23(27)28)13-10-14-22(20)12-7-9-16-25(17-18-25)29-19-26/h10,13-14,19H,4-9,11-12,15-18H2,1-3H3,(H,27,28). The van der Waals surface area contributed by atoms with Crippen LogP contribution in [0.5, 0.6) is 0 Å². The predicted octanol–water partition coefficient (Wildman–Crippen LogP) is 6.02. The molecular weight excluding hydrogens is 364 g/mol. The first-order valence-electron chi connectivity index (χ1n) is 11.2. The highest BCUT2D eigenvalue weighted by molar-refractivity contribution is 5.73. The molecule has 0 unspecified atom stereocenters. The quantitative estimate of drug-likeness (QED) is 0.288. The summed E-state index contributed by atoms with van der Waals surface area (Å²) in [7, 11) is 0. The number of rotatable bonds is 15. The molecule has 0 bridgehead atoms. The van der Waals surface area contributed by atoms with Crippen LogP contribution in [0.1, 0.15) is 94.7 Å². The van der Waals surface area contributed by atoms with Crippen LogP contribution in [0.25, 0.3) is 0 Å². The van der Waals surface area contributed by atoms with Crippen LogP contribution in [0.3, 0.4) is 0 Å². The molecule has 1 aliphatic rings. The second kappa shape index (κ2) is 10.8. The Morgan fingerprint density at radius 1 is 1.07 bits per heavy atom. The number of benzene rings is 1. The van der Waals surface area contributed by atoms with Gasteiger partial charge in [0.15, 0.2) is 0 Å². The number of carboxylic acids is 1. The zero-order chi connectivity index (χ0) is 21.3. The number of carbonyl (C=O) groups excluding carboxylic acids is 1. The molecule has 0 aliphatic heterocycles. The number of hydrogen-bond donors (Lipinski definition) is 1. The van der Waals surface area contributed by atoms with Gasteiger partial charge in [0, 0.05) is 0 Å². The third-order valence-corrected chi connectivity index (χ3v) is 6.57. The van der Waals surface area contributed by atoms with E-state index >= 15 is 0 Å². The molecular formula is C25H38O4. The topological polar surface area (TPSA) is 63.6 Å². The van der Waals surface area contributed by atoms with Crippen molar-refractivity contribution in [3.63, 3.8) is 0 Å². The van der Waals surface area contributed by atoms with E-state index in [2.05, 4.69) is 25.1 Å². The van der Waals surface area contributed by atoms with Gasteiger partial charge < -0.3 is 9.84 Å². The highest BCUT2D eigenvalue weighted by atomic mass is 16.5. The predicted molar refractivity (Wildman–Crippen MR) is 116 cm³/mol. The molecule has 29 heavy (non-hydrogen) atoms. The van der Waals surface area contributed by atoms with Crippen LogP contribution in [-0.4, -0.2) is 23.1 Å². The molecule has 0 atom stereocenters. The lowest BCUT2D eigenvalue weighted by atomic mass is 9.87. The molecule has 0 radical (unpaired) electrons. The van der Waals surface area contributed by atoms with Gasteiger partial charge in [-0.2, -0.15) is 0 Å². The van der Waals surface area contributed by atoms with Gasteiger partial charge in [0.2, 0.25) is 0 Å². The van der Waals surface area contributed by atoms with Gasteiger partial charge in [0.05, 0.1) is 5.41 Å². The normalized spacial score (nSPS) is 15.1. The molecule has 1 aromatic rings. The van der Waals surface area contributed by atoms with Crippen molar-refractivity contribution in [2.24, 2.45) is 5.41 Å². The van der Waals surface area contributed by atoms with E-state index in [0.717, 1.165) is 77.0 Å². The Balaban J connectivity index is 1.67. The molecule has 1 aliphatic carbocycles. The minimum absolute atomic E-state index is 0.127. The van der Waals surface area contributed by atoms with Crippen LogP contribution in [0, 0.1) is 12.3 Å². The largest absolute Gasteiger partial charge is 0.481 e. The fourth-order valence-corrected chi connectivity index (χ4v) is 4.05. The Morgan fingerprint density at radius 3 is 2.21 bits per heavy atom. The van der Waals surface area contributed by atoms with E-state index in [-0.39, 0.29) is 5.60 Å². The van der Waals surface area contributed by atoms with Gasteiger partial charge in [-0.3, -0.25) is 9.59 Å². The lowest BCUT2D eigenvalue weighted by molar-refractivity contribution is -0.147. The molecule has 2 rings (SSSR count). The van der Waals surface area contributed by atoms with Crippen molar-refractivity contribution in [3.05, 3.63) is 34.9 Å². The molecule has 4 nitrogen and oxygen atoms in total. The Bertz CT molecular complexity index is 673.